The van der Waals surface area contributed by atoms with Crippen LogP contribution in [0.2, 0.25) is 0 Å². The van der Waals surface area contributed by atoms with Gasteiger partial charge >= 0.3 is 5.97 Å². The van der Waals surface area contributed by atoms with Crippen LogP contribution in [-0.4, -0.2) is 30.3 Å². The zero-order chi connectivity index (χ0) is 15.2. The van der Waals surface area contributed by atoms with Crippen molar-refractivity contribution in [1.82, 2.24) is 4.31 Å². The molecule has 6 nitrogen and oxygen atoms in total. The normalized spacial score (nSPS) is 15.9. The summed E-state index contributed by atoms with van der Waals surface area (Å²) in [5.41, 5.74) is 0.993. The van der Waals surface area contributed by atoms with E-state index in [-0.39, 0.29) is 9.56 Å². The molecule has 1 aliphatic rings. The van der Waals surface area contributed by atoms with Crippen LogP contribution in [0.15, 0.2) is 31.5 Å². The van der Waals surface area contributed by atoms with Crippen LogP contribution >= 0.6 is 27.3 Å². The lowest BCUT2D eigenvalue weighted by Gasteiger charge is -2.25. The molecule has 0 aromatic carbocycles. The van der Waals surface area contributed by atoms with Gasteiger partial charge in [-0.2, -0.15) is 4.31 Å². The van der Waals surface area contributed by atoms with Gasteiger partial charge in [0, 0.05) is 24.0 Å². The number of hydrogen-bond donors (Lipinski definition) is 1. The molecule has 0 radical (unpaired) electrons. The molecule has 0 spiro atoms. The van der Waals surface area contributed by atoms with E-state index < -0.39 is 21.8 Å². The molecule has 2 aromatic heterocycles. The predicted molar refractivity (Wildman–Crippen MR) is 79.0 cm³/mol. The molecule has 112 valence electrons. The minimum Gasteiger partial charge on any atom is -0.475 e. The first kappa shape index (κ1) is 14.8. The molecule has 0 aliphatic carbocycles. The standard InChI is InChI=1S/C12H10BrNO5S2/c13-11-10(5-8(19-11)12(15)16)21(17,18)14-3-1-9-7(6-14)2-4-20-9/h2,4-5H,1,3,6H2,(H,15,16). The molecule has 2 aromatic rings. The summed E-state index contributed by atoms with van der Waals surface area (Å²) in [4.78, 5) is 11.9. The quantitative estimate of drug-likeness (QED) is 0.868. The van der Waals surface area contributed by atoms with E-state index in [0.717, 1.165) is 11.6 Å². The molecular weight excluding hydrogens is 382 g/mol. The smallest absolute Gasteiger partial charge is 0.371 e. The molecule has 0 unspecified atom stereocenters. The van der Waals surface area contributed by atoms with Gasteiger partial charge in [0.1, 0.15) is 4.90 Å². The largest absolute Gasteiger partial charge is 0.475 e. The van der Waals surface area contributed by atoms with Crippen LogP contribution in [0.25, 0.3) is 0 Å². The molecule has 0 fully saturated rings. The van der Waals surface area contributed by atoms with Crippen molar-refractivity contribution in [3.8, 4) is 0 Å². The molecule has 21 heavy (non-hydrogen) atoms. The Hall–Kier alpha value is -1.16. The number of fused-ring (bicyclic) bond motifs is 1. The topological polar surface area (TPSA) is 87.8 Å². The van der Waals surface area contributed by atoms with E-state index in [4.69, 9.17) is 9.52 Å². The highest BCUT2D eigenvalue weighted by atomic mass is 79.9. The average molecular weight is 392 g/mol. The second-order valence-corrected chi connectivity index (χ2v) is 8.14. The van der Waals surface area contributed by atoms with E-state index in [9.17, 15) is 13.2 Å². The van der Waals surface area contributed by atoms with Crippen LogP contribution < -0.4 is 0 Å². The summed E-state index contributed by atoms with van der Waals surface area (Å²) >= 11 is 4.60. The summed E-state index contributed by atoms with van der Waals surface area (Å²) in [6.07, 6.45) is 0.660. The second-order valence-electron chi connectivity index (χ2n) is 4.51. The first-order chi connectivity index (χ1) is 9.89. The SMILES string of the molecule is O=C(O)c1cc(S(=O)(=O)N2CCc3sccc3C2)c(Br)o1. The van der Waals surface area contributed by atoms with Crippen LogP contribution in [0, 0.1) is 0 Å². The number of thiophene rings is 1. The molecule has 3 heterocycles. The molecular formula is C12H10BrNO5S2. The Bertz CT molecular complexity index is 807. The maximum Gasteiger partial charge on any atom is 0.371 e. The van der Waals surface area contributed by atoms with Gasteiger partial charge in [-0.3, -0.25) is 0 Å². The van der Waals surface area contributed by atoms with E-state index in [1.165, 1.54) is 9.18 Å². The number of carbonyl (C=O) groups is 1. The maximum absolute atomic E-state index is 12.6. The zero-order valence-corrected chi connectivity index (χ0v) is 13.8. The maximum atomic E-state index is 12.6. The number of hydrogen-bond acceptors (Lipinski definition) is 5. The lowest BCUT2D eigenvalue weighted by atomic mass is 10.1. The minimum atomic E-state index is -3.79. The van der Waals surface area contributed by atoms with Gasteiger partial charge < -0.3 is 9.52 Å². The van der Waals surface area contributed by atoms with Crippen LogP contribution in [0.1, 0.15) is 21.0 Å². The van der Waals surface area contributed by atoms with Crippen LogP contribution in [0.3, 0.4) is 0 Å². The number of aromatic carboxylic acids is 1. The lowest BCUT2D eigenvalue weighted by molar-refractivity contribution is 0.0661. The summed E-state index contributed by atoms with van der Waals surface area (Å²) in [7, 11) is -3.79. The molecule has 0 bridgehead atoms. The van der Waals surface area contributed by atoms with E-state index in [1.54, 1.807) is 11.3 Å². The van der Waals surface area contributed by atoms with Gasteiger partial charge in [0.2, 0.25) is 15.8 Å². The van der Waals surface area contributed by atoms with Crippen molar-refractivity contribution in [1.29, 1.82) is 0 Å². The Morgan fingerprint density at radius 1 is 1.48 bits per heavy atom. The fourth-order valence-corrected chi connectivity index (χ4v) is 5.41. The summed E-state index contributed by atoms with van der Waals surface area (Å²) in [5.74, 6) is -1.72. The van der Waals surface area contributed by atoms with Gasteiger partial charge in [-0.05, 0) is 39.4 Å². The fourth-order valence-electron chi connectivity index (χ4n) is 2.20. The van der Waals surface area contributed by atoms with Gasteiger partial charge in [-0.25, -0.2) is 13.2 Å². The first-order valence-electron chi connectivity index (χ1n) is 5.97. The second kappa shape index (κ2) is 5.24. The highest BCUT2D eigenvalue weighted by molar-refractivity contribution is 9.10. The average Bonchev–Trinajstić information content (AvgIpc) is 3.03. The first-order valence-corrected chi connectivity index (χ1v) is 9.09. The van der Waals surface area contributed by atoms with Crippen molar-refractivity contribution in [3.63, 3.8) is 0 Å². The van der Waals surface area contributed by atoms with Crippen molar-refractivity contribution in [3.05, 3.63) is 38.4 Å². The van der Waals surface area contributed by atoms with E-state index in [2.05, 4.69) is 15.9 Å². The van der Waals surface area contributed by atoms with Crippen LogP contribution in [0.4, 0.5) is 0 Å². The number of rotatable bonds is 3. The minimum absolute atomic E-state index is 0.0870. The molecule has 3 rings (SSSR count). The monoisotopic (exact) mass is 391 g/mol. The third kappa shape index (κ3) is 2.54. The van der Waals surface area contributed by atoms with Gasteiger partial charge in [0.05, 0.1) is 0 Å². The number of carboxylic acids is 1. The Kier molecular flexibility index (Phi) is 3.68. The molecule has 0 saturated heterocycles. The molecule has 1 N–H and O–H groups in total. The number of nitrogens with zero attached hydrogens (tertiary/aromatic N) is 1. The van der Waals surface area contributed by atoms with Crippen molar-refractivity contribution >= 4 is 43.3 Å². The highest BCUT2D eigenvalue weighted by Crippen LogP contribution is 2.32. The Balaban J connectivity index is 1.96. The molecule has 0 atom stereocenters. The number of furan rings is 1. The lowest BCUT2D eigenvalue weighted by Crippen LogP contribution is -2.35. The number of halogens is 1. The van der Waals surface area contributed by atoms with Crippen molar-refractivity contribution in [2.24, 2.45) is 0 Å². The van der Waals surface area contributed by atoms with E-state index in [1.807, 2.05) is 11.4 Å². The predicted octanol–water partition coefficient (Wildman–Crippen LogP) is 2.55. The molecule has 9 heteroatoms. The van der Waals surface area contributed by atoms with Crippen molar-refractivity contribution in [2.45, 2.75) is 17.9 Å². The van der Waals surface area contributed by atoms with Gasteiger partial charge in [-0.15, -0.1) is 11.3 Å². The van der Waals surface area contributed by atoms with Gasteiger partial charge in [0.15, 0.2) is 4.67 Å². The fraction of sp³-hybridized carbons (Fsp3) is 0.250. The van der Waals surface area contributed by atoms with E-state index >= 15 is 0 Å². The number of sulfonamides is 1. The summed E-state index contributed by atoms with van der Waals surface area (Å²) in [6.45, 7) is 0.664. The van der Waals surface area contributed by atoms with Gasteiger partial charge in [-0.1, -0.05) is 0 Å². The van der Waals surface area contributed by atoms with Crippen LogP contribution in [-0.2, 0) is 23.0 Å². The zero-order valence-electron chi connectivity index (χ0n) is 10.6. The third-order valence-corrected chi connectivity index (χ3v) is 6.98. The van der Waals surface area contributed by atoms with E-state index in [0.29, 0.717) is 19.5 Å². The molecule has 1 aliphatic heterocycles. The van der Waals surface area contributed by atoms with Gasteiger partial charge in [0.25, 0.3) is 0 Å². The summed E-state index contributed by atoms with van der Waals surface area (Å²) in [6, 6.07) is 2.94. The summed E-state index contributed by atoms with van der Waals surface area (Å²) < 4.78 is 31.4. The van der Waals surface area contributed by atoms with Crippen molar-refractivity contribution in [2.75, 3.05) is 6.54 Å². The third-order valence-electron chi connectivity index (χ3n) is 3.26. The van der Waals surface area contributed by atoms with Crippen molar-refractivity contribution < 1.29 is 22.7 Å². The van der Waals surface area contributed by atoms with Crippen LogP contribution in [0.5, 0.6) is 0 Å². The highest BCUT2D eigenvalue weighted by Gasteiger charge is 2.33. The Morgan fingerprint density at radius 3 is 2.90 bits per heavy atom. The molecule has 0 saturated carbocycles. The summed E-state index contributed by atoms with van der Waals surface area (Å²) in [5, 5.41) is 10.8. The number of carboxylic acid groups (broad SMARTS) is 1. The Labute approximate surface area is 133 Å². The molecule has 0 amide bonds. The Morgan fingerprint density at radius 2 is 2.24 bits per heavy atom.